The maximum Gasteiger partial charge on any atom is 0.249 e. The van der Waals surface area contributed by atoms with Crippen LogP contribution in [0.2, 0.25) is 0 Å². The van der Waals surface area contributed by atoms with E-state index in [9.17, 15) is 4.79 Å². The van der Waals surface area contributed by atoms with Crippen molar-refractivity contribution >= 4 is 34.2 Å². The van der Waals surface area contributed by atoms with Crippen molar-refractivity contribution in [2.24, 2.45) is 5.73 Å². The minimum absolute atomic E-state index is 0. The summed E-state index contributed by atoms with van der Waals surface area (Å²) in [6.07, 6.45) is 1.08. The van der Waals surface area contributed by atoms with Gasteiger partial charge in [0.25, 0.3) is 0 Å². The molecule has 1 aliphatic heterocycles. The third-order valence-electron chi connectivity index (χ3n) is 3.39. The van der Waals surface area contributed by atoms with Crippen LogP contribution in [0.1, 0.15) is 19.8 Å². The predicted octanol–water partition coefficient (Wildman–Crippen LogP) is 2.26. The highest BCUT2D eigenvalue weighted by Crippen LogP contribution is 2.24. The van der Waals surface area contributed by atoms with Gasteiger partial charge in [0.2, 0.25) is 5.91 Å². The first-order valence-electron chi connectivity index (χ1n) is 7.14. The third-order valence-corrected chi connectivity index (χ3v) is 4.05. The number of ether oxygens (including phenoxy) is 2. The van der Waals surface area contributed by atoms with Gasteiger partial charge in [-0.3, -0.25) is 4.79 Å². The number of rotatable bonds is 6. The molecule has 0 aliphatic carbocycles. The summed E-state index contributed by atoms with van der Waals surface area (Å²) in [6.45, 7) is 2.82. The Kier molecular flexibility index (Phi) is 8.17. The predicted molar refractivity (Wildman–Crippen MR) is 91.4 cm³/mol. The standard InChI is InChI=1S/C15H21BrN2O3.ClH/c1-10(20-13-5-3-2-4-12(13)16)9-18-15(19)14-7-6-11(8-17)21-14;/h2-5,10-11,14H,6-9,17H2,1H3,(H,18,19);1H/t10?,11-,14+;/m1./s1. The molecule has 7 heteroatoms. The van der Waals surface area contributed by atoms with E-state index in [4.69, 9.17) is 15.2 Å². The molecule has 1 aliphatic rings. The molecule has 5 nitrogen and oxygen atoms in total. The summed E-state index contributed by atoms with van der Waals surface area (Å²) in [5.74, 6) is 0.674. The number of carbonyl (C=O) groups is 1. The third kappa shape index (κ3) is 5.43. The maximum absolute atomic E-state index is 12.0. The van der Waals surface area contributed by atoms with Crippen LogP contribution in [0.25, 0.3) is 0 Å². The Hall–Kier alpha value is -0.820. The molecular weight excluding hydrogens is 372 g/mol. The van der Waals surface area contributed by atoms with Crippen LogP contribution in [0.5, 0.6) is 5.75 Å². The van der Waals surface area contributed by atoms with Gasteiger partial charge >= 0.3 is 0 Å². The van der Waals surface area contributed by atoms with Gasteiger partial charge in [-0.25, -0.2) is 0 Å². The highest BCUT2D eigenvalue weighted by molar-refractivity contribution is 9.10. The topological polar surface area (TPSA) is 73.6 Å². The van der Waals surface area contributed by atoms with E-state index in [1.54, 1.807) is 0 Å². The van der Waals surface area contributed by atoms with Gasteiger partial charge in [-0.1, -0.05) is 12.1 Å². The van der Waals surface area contributed by atoms with E-state index in [1.807, 2.05) is 31.2 Å². The Morgan fingerprint density at radius 3 is 2.86 bits per heavy atom. The molecule has 3 atom stereocenters. The first kappa shape index (κ1) is 19.2. The van der Waals surface area contributed by atoms with Crippen LogP contribution in [0, 0.1) is 0 Å². The van der Waals surface area contributed by atoms with Crippen molar-refractivity contribution in [1.29, 1.82) is 0 Å². The Balaban J connectivity index is 0.00000242. The molecule has 0 spiro atoms. The molecule has 1 unspecified atom stereocenters. The average molecular weight is 394 g/mol. The van der Waals surface area contributed by atoms with Gasteiger partial charge in [-0.2, -0.15) is 0 Å². The number of amides is 1. The van der Waals surface area contributed by atoms with Crippen molar-refractivity contribution in [3.8, 4) is 5.75 Å². The molecule has 124 valence electrons. The second-order valence-corrected chi connectivity index (χ2v) is 6.02. The lowest BCUT2D eigenvalue weighted by atomic mass is 10.2. The molecule has 2 rings (SSSR count). The minimum atomic E-state index is -0.380. The fourth-order valence-electron chi connectivity index (χ4n) is 2.23. The van der Waals surface area contributed by atoms with Crippen molar-refractivity contribution < 1.29 is 14.3 Å². The van der Waals surface area contributed by atoms with Crippen molar-refractivity contribution in [1.82, 2.24) is 5.32 Å². The summed E-state index contributed by atoms with van der Waals surface area (Å²) in [5, 5.41) is 2.86. The van der Waals surface area contributed by atoms with Gasteiger partial charge in [0.05, 0.1) is 17.1 Å². The number of nitrogens with two attached hydrogens (primary N) is 1. The Labute approximate surface area is 145 Å². The van der Waals surface area contributed by atoms with Gasteiger partial charge in [0.1, 0.15) is 18.0 Å². The number of para-hydroxylation sites is 1. The number of nitrogens with one attached hydrogen (secondary N) is 1. The quantitative estimate of drug-likeness (QED) is 0.777. The molecule has 0 saturated carbocycles. The number of halogens is 2. The smallest absolute Gasteiger partial charge is 0.249 e. The van der Waals surface area contributed by atoms with E-state index < -0.39 is 0 Å². The molecule has 3 N–H and O–H groups in total. The fraction of sp³-hybridized carbons (Fsp3) is 0.533. The zero-order chi connectivity index (χ0) is 15.2. The van der Waals surface area contributed by atoms with Crippen LogP contribution in [-0.2, 0) is 9.53 Å². The molecule has 1 fully saturated rings. The first-order valence-corrected chi connectivity index (χ1v) is 7.94. The molecule has 1 heterocycles. The highest BCUT2D eigenvalue weighted by atomic mass is 79.9. The minimum Gasteiger partial charge on any atom is -0.488 e. The monoisotopic (exact) mass is 392 g/mol. The van der Waals surface area contributed by atoms with Crippen molar-refractivity contribution in [2.75, 3.05) is 13.1 Å². The maximum atomic E-state index is 12.0. The molecule has 1 amide bonds. The zero-order valence-corrected chi connectivity index (χ0v) is 14.9. The lowest BCUT2D eigenvalue weighted by Crippen LogP contribution is -2.40. The average Bonchev–Trinajstić information content (AvgIpc) is 2.96. The Morgan fingerprint density at radius 2 is 2.23 bits per heavy atom. The lowest BCUT2D eigenvalue weighted by molar-refractivity contribution is -0.132. The normalized spacial score (nSPS) is 21.8. The Morgan fingerprint density at radius 1 is 1.50 bits per heavy atom. The highest BCUT2D eigenvalue weighted by Gasteiger charge is 2.29. The van der Waals surface area contributed by atoms with Crippen molar-refractivity contribution in [2.45, 2.75) is 38.1 Å². The molecule has 22 heavy (non-hydrogen) atoms. The van der Waals surface area contributed by atoms with Crippen LogP contribution in [0.4, 0.5) is 0 Å². The SMILES string of the molecule is CC(CNC(=O)[C@@H]1CC[C@H](CN)O1)Oc1ccccc1Br.Cl. The molecule has 1 saturated heterocycles. The second-order valence-electron chi connectivity index (χ2n) is 5.16. The number of benzene rings is 1. The van der Waals surface area contributed by atoms with Gasteiger partial charge in [0.15, 0.2) is 0 Å². The molecule has 0 aromatic heterocycles. The van der Waals surface area contributed by atoms with E-state index in [0.717, 1.165) is 23.1 Å². The molecule has 1 aromatic rings. The van der Waals surface area contributed by atoms with Gasteiger partial charge in [-0.05, 0) is 47.8 Å². The van der Waals surface area contributed by atoms with Crippen LogP contribution in [0.3, 0.4) is 0 Å². The van der Waals surface area contributed by atoms with E-state index in [-0.39, 0.29) is 36.6 Å². The fourth-order valence-corrected chi connectivity index (χ4v) is 2.61. The first-order chi connectivity index (χ1) is 10.1. The number of carbonyl (C=O) groups excluding carboxylic acids is 1. The molecule has 0 radical (unpaired) electrons. The van der Waals surface area contributed by atoms with Crippen LogP contribution >= 0.6 is 28.3 Å². The number of hydrogen-bond acceptors (Lipinski definition) is 4. The summed E-state index contributed by atoms with van der Waals surface area (Å²) in [7, 11) is 0. The van der Waals surface area contributed by atoms with Gasteiger partial charge in [0, 0.05) is 6.54 Å². The van der Waals surface area contributed by atoms with Crippen LogP contribution < -0.4 is 15.8 Å². The van der Waals surface area contributed by atoms with Gasteiger partial charge in [-0.15, -0.1) is 12.4 Å². The van der Waals surface area contributed by atoms with E-state index in [1.165, 1.54) is 0 Å². The largest absolute Gasteiger partial charge is 0.488 e. The lowest BCUT2D eigenvalue weighted by Gasteiger charge is -2.18. The van der Waals surface area contributed by atoms with Crippen LogP contribution in [-0.4, -0.2) is 37.3 Å². The molecule has 1 aromatic carbocycles. The van der Waals surface area contributed by atoms with Crippen molar-refractivity contribution in [3.63, 3.8) is 0 Å². The Bertz CT molecular complexity index is 490. The molecule has 0 bridgehead atoms. The van der Waals surface area contributed by atoms with E-state index >= 15 is 0 Å². The summed E-state index contributed by atoms with van der Waals surface area (Å²) in [4.78, 5) is 12.0. The van der Waals surface area contributed by atoms with E-state index in [2.05, 4.69) is 21.2 Å². The summed E-state index contributed by atoms with van der Waals surface area (Å²) < 4.78 is 12.2. The zero-order valence-electron chi connectivity index (χ0n) is 12.5. The molecular formula is C15H22BrClN2O3. The van der Waals surface area contributed by atoms with E-state index in [0.29, 0.717) is 13.1 Å². The summed E-state index contributed by atoms with van der Waals surface area (Å²) >= 11 is 3.43. The second kappa shape index (κ2) is 9.35. The van der Waals surface area contributed by atoms with Crippen molar-refractivity contribution in [3.05, 3.63) is 28.7 Å². The van der Waals surface area contributed by atoms with Crippen LogP contribution in [0.15, 0.2) is 28.7 Å². The number of hydrogen-bond donors (Lipinski definition) is 2. The summed E-state index contributed by atoms with van der Waals surface area (Å²) in [5.41, 5.74) is 5.54. The van der Waals surface area contributed by atoms with Gasteiger partial charge < -0.3 is 20.5 Å². The summed E-state index contributed by atoms with van der Waals surface area (Å²) in [6, 6.07) is 7.63.